The van der Waals surface area contributed by atoms with E-state index in [1.54, 1.807) is 0 Å². The molecule has 0 amide bonds. The molecule has 0 spiro atoms. The maximum atomic E-state index is 2.41. The zero-order valence-electron chi connectivity index (χ0n) is 30.6. The van der Waals surface area contributed by atoms with Gasteiger partial charge in [0.05, 0.1) is 5.41 Å². The van der Waals surface area contributed by atoms with Gasteiger partial charge in [-0.1, -0.05) is 102 Å². The standard InChI is InChI=1S/C47H51N3/c1-7-48(8-2)42-30-20-39(21-31-42)47(38-14-12-11-13-15-38,40-22-32-43(33-23-40)49(9-3)10-4)41-24-34-46(35-25-41)50(44-26-16-36(5)17-27-44)45-28-18-37(6)19-29-45/h11-35H,7-10H2,1-6H3. The van der Waals surface area contributed by atoms with Gasteiger partial charge in [-0.15, -0.1) is 0 Å². The molecule has 254 valence electrons. The topological polar surface area (TPSA) is 9.72 Å². The van der Waals surface area contributed by atoms with Crippen LogP contribution in [-0.4, -0.2) is 26.2 Å². The molecule has 0 heterocycles. The summed E-state index contributed by atoms with van der Waals surface area (Å²) < 4.78 is 0. The molecule has 0 bridgehead atoms. The number of nitrogens with zero attached hydrogens (tertiary/aromatic N) is 3. The Morgan fingerprint density at radius 3 is 0.940 bits per heavy atom. The summed E-state index contributed by atoms with van der Waals surface area (Å²) in [4.78, 5) is 7.17. The van der Waals surface area contributed by atoms with Crippen molar-refractivity contribution in [3.8, 4) is 0 Å². The third-order valence-electron chi connectivity index (χ3n) is 10.2. The van der Waals surface area contributed by atoms with Crippen molar-refractivity contribution in [3.63, 3.8) is 0 Å². The predicted octanol–water partition coefficient (Wildman–Crippen LogP) is 11.8. The van der Waals surface area contributed by atoms with Crippen LogP contribution in [0.2, 0.25) is 0 Å². The normalized spacial score (nSPS) is 11.3. The second kappa shape index (κ2) is 15.5. The highest BCUT2D eigenvalue weighted by atomic mass is 15.1. The molecule has 6 aromatic carbocycles. The van der Waals surface area contributed by atoms with Gasteiger partial charge in [-0.25, -0.2) is 0 Å². The molecule has 0 radical (unpaired) electrons. The molecule has 0 saturated heterocycles. The molecule has 6 rings (SSSR count). The van der Waals surface area contributed by atoms with Crippen molar-refractivity contribution in [3.05, 3.63) is 185 Å². The zero-order valence-corrected chi connectivity index (χ0v) is 30.6. The number of benzene rings is 6. The minimum atomic E-state index is -0.540. The van der Waals surface area contributed by atoms with Crippen LogP contribution in [0.3, 0.4) is 0 Å². The van der Waals surface area contributed by atoms with Gasteiger partial charge < -0.3 is 14.7 Å². The average molecular weight is 658 g/mol. The monoisotopic (exact) mass is 657 g/mol. The van der Waals surface area contributed by atoms with Crippen molar-refractivity contribution >= 4 is 28.4 Å². The summed E-state index contributed by atoms with van der Waals surface area (Å²) in [5.41, 5.74) is 12.8. The summed E-state index contributed by atoms with van der Waals surface area (Å²) in [6.45, 7) is 17.1. The van der Waals surface area contributed by atoms with Crippen molar-refractivity contribution in [2.45, 2.75) is 47.0 Å². The summed E-state index contributed by atoms with van der Waals surface area (Å²) in [5, 5.41) is 0. The third-order valence-corrected chi connectivity index (χ3v) is 10.2. The van der Waals surface area contributed by atoms with Crippen molar-refractivity contribution in [1.82, 2.24) is 0 Å². The van der Waals surface area contributed by atoms with E-state index < -0.39 is 5.41 Å². The molecule has 3 heteroatoms. The van der Waals surface area contributed by atoms with Gasteiger partial charge in [-0.2, -0.15) is 0 Å². The van der Waals surface area contributed by atoms with Crippen LogP contribution in [-0.2, 0) is 5.41 Å². The van der Waals surface area contributed by atoms with Crippen molar-refractivity contribution in [1.29, 1.82) is 0 Å². The van der Waals surface area contributed by atoms with E-state index in [-0.39, 0.29) is 0 Å². The molecule has 0 saturated carbocycles. The van der Waals surface area contributed by atoms with E-state index in [0.29, 0.717) is 0 Å². The molecular formula is C47H51N3. The first-order valence-corrected chi connectivity index (χ1v) is 18.2. The lowest BCUT2D eigenvalue weighted by Gasteiger charge is -2.38. The molecule has 50 heavy (non-hydrogen) atoms. The maximum absolute atomic E-state index is 2.41. The largest absolute Gasteiger partial charge is 0.372 e. The number of anilines is 5. The highest BCUT2D eigenvalue weighted by Crippen LogP contribution is 2.47. The Labute approximate surface area is 300 Å². The molecule has 0 aliphatic rings. The molecule has 0 aromatic heterocycles. The lowest BCUT2D eigenvalue weighted by Crippen LogP contribution is -2.31. The fourth-order valence-corrected chi connectivity index (χ4v) is 7.41. The van der Waals surface area contributed by atoms with Crippen LogP contribution in [0.15, 0.2) is 152 Å². The van der Waals surface area contributed by atoms with Gasteiger partial charge in [0.15, 0.2) is 0 Å². The van der Waals surface area contributed by atoms with Gasteiger partial charge in [-0.05, 0) is 124 Å². The molecular weight excluding hydrogens is 607 g/mol. The fraction of sp³-hybridized carbons (Fsp3) is 0.234. The summed E-state index contributed by atoms with van der Waals surface area (Å²) in [5.74, 6) is 0. The van der Waals surface area contributed by atoms with E-state index in [2.05, 4.69) is 208 Å². The lowest BCUT2D eigenvalue weighted by atomic mass is 9.65. The zero-order chi connectivity index (χ0) is 35.1. The van der Waals surface area contributed by atoms with E-state index in [9.17, 15) is 0 Å². The van der Waals surface area contributed by atoms with Crippen LogP contribution in [0.25, 0.3) is 0 Å². The minimum Gasteiger partial charge on any atom is -0.372 e. The van der Waals surface area contributed by atoms with Gasteiger partial charge in [0.1, 0.15) is 0 Å². The molecule has 0 fully saturated rings. The second-order valence-corrected chi connectivity index (χ2v) is 13.1. The Kier molecular flexibility index (Phi) is 10.7. The predicted molar refractivity (Wildman–Crippen MR) is 216 cm³/mol. The number of aryl methyl sites for hydroxylation is 2. The van der Waals surface area contributed by atoms with Crippen LogP contribution in [0.5, 0.6) is 0 Å². The van der Waals surface area contributed by atoms with Gasteiger partial charge in [0.2, 0.25) is 0 Å². The van der Waals surface area contributed by atoms with Crippen LogP contribution >= 0.6 is 0 Å². The van der Waals surface area contributed by atoms with Gasteiger partial charge in [0, 0.05) is 54.6 Å². The van der Waals surface area contributed by atoms with E-state index in [4.69, 9.17) is 0 Å². The molecule has 0 aliphatic heterocycles. The van der Waals surface area contributed by atoms with Crippen molar-refractivity contribution in [2.24, 2.45) is 0 Å². The van der Waals surface area contributed by atoms with Crippen LogP contribution in [0, 0.1) is 13.8 Å². The quantitative estimate of drug-likeness (QED) is 0.114. The van der Waals surface area contributed by atoms with E-state index in [0.717, 1.165) is 43.2 Å². The summed E-state index contributed by atoms with van der Waals surface area (Å²) in [6, 6.07) is 56.5. The van der Waals surface area contributed by atoms with Gasteiger partial charge in [-0.3, -0.25) is 0 Å². The molecule has 0 aliphatic carbocycles. The average Bonchev–Trinajstić information content (AvgIpc) is 3.17. The van der Waals surface area contributed by atoms with Gasteiger partial charge >= 0.3 is 0 Å². The Bertz CT molecular complexity index is 1820. The third kappa shape index (κ3) is 6.78. The molecule has 6 aromatic rings. The highest BCUT2D eigenvalue weighted by molar-refractivity contribution is 5.77. The molecule has 0 N–H and O–H groups in total. The highest BCUT2D eigenvalue weighted by Gasteiger charge is 2.38. The van der Waals surface area contributed by atoms with E-state index in [1.165, 1.54) is 44.8 Å². The number of hydrogen-bond acceptors (Lipinski definition) is 3. The van der Waals surface area contributed by atoms with Crippen molar-refractivity contribution < 1.29 is 0 Å². The summed E-state index contributed by atoms with van der Waals surface area (Å²) in [6.07, 6.45) is 0. The Balaban J connectivity index is 1.57. The van der Waals surface area contributed by atoms with Crippen molar-refractivity contribution in [2.75, 3.05) is 40.9 Å². The lowest BCUT2D eigenvalue weighted by molar-refractivity contribution is 0.743. The maximum Gasteiger partial charge on any atom is 0.0701 e. The first-order chi connectivity index (χ1) is 24.4. The fourth-order valence-electron chi connectivity index (χ4n) is 7.41. The Hall–Kier alpha value is -5.28. The SMILES string of the molecule is CCN(CC)c1ccc(C(c2ccccc2)(c2ccc(N(CC)CC)cc2)c2ccc(N(c3ccc(C)cc3)c3ccc(C)cc3)cc2)cc1. The number of rotatable bonds is 13. The van der Waals surface area contributed by atoms with Crippen LogP contribution < -0.4 is 14.7 Å². The first-order valence-electron chi connectivity index (χ1n) is 18.2. The Morgan fingerprint density at radius 2 is 0.620 bits per heavy atom. The second-order valence-electron chi connectivity index (χ2n) is 13.1. The smallest absolute Gasteiger partial charge is 0.0701 e. The number of hydrogen-bond donors (Lipinski definition) is 0. The van der Waals surface area contributed by atoms with Crippen LogP contribution in [0.4, 0.5) is 28.4 Å². The molecule has 0 atom stereocenters. The van der Waals surface area contributed by atoms with E-state index >= 15 is 0 Å². The van der Waals surface area contributed by atoms with Gasteiger partial charge in [0.25, 0.3) is 0 Å². The molecule has 0 unspecified atom stereocenters. The first kappa shape index (κ1) is 34.6. The van der Waals surface area contributed by atoms with E-state index in [1.807, 2.05) is 0 Å². The summed E-state index contributed by atoms with van der Waals surface area (Å²) >= 11 is 0. The Morgan fingerprint density at radius 1 is 0.340 bits per heavy atom. The minimum absolute atomic E-state index is 0.540. The van der Waals surface area contributed by atoms with Crippen LogP contribution in [0.1, 0.15) is 61.1 Å². The molecule has 3 nitrogen and oxygen atoms in total. The summed E-state index contributed by atoms with van der Waals surface area (Å²) in [7, 11) is 0.